The number of hydrogen-bond donors (Lipinski definition) is 2. The topological polar surface area (TPSA) is 127 Å². The number of oxime groups is 1. The minimum Gasteiger partial charge on any atom is -0.387 e. The molecule has 2 saturated carbocycles. The maximum absolute atomic E-state index is 14.5. The summed E-state index contributed by atoms with van der Waals surface area (Å²) >= 11 is 0. The highest BCUT2D eigenvalue weighted by Gasteiger charge is 2.36. The lowest BCUT2D eigenvalue weighted by Crippen LogP contribution is -2.43. The van der Waals surface area contributed by atoms with Crippen molar-refractivity contribution in [3.63, 3.8) is 0 Å². The summed E-state index contributed by atoms with van der Waals surface area (Å²) < 4.78 is 9.96. The molecule has 0 radical (unpaired) electrons. The molecule has 4 aromatic rings. The lowest BCUT2D eigenvalue weighted by molar-refractivity contribution is -0.145. The predicted octanol–water partition coefficient (Wildman–Crippen LogP) is 5.50. The van der Waals surface area contributed by atoms with Gasteiger partial charge in [-0.3, -0.25) is 14.3 Å². The van der Waals surface area contributed by atoms with E-state index in [1.165, 1.54) is 0 Å². The standard InChI is InChI=1S/C38H48N6O5/c1-4-9-33-32(23-26-12-14-27(15-13-26)30-10-6-7-11-31(30)34-41-49-37(46)42(34)22-5-2)35(45)43(36-39-25(3)40-44(33)36)28-16-18-29(19-17-28)48-24-38(47)20-8-21-38/h6-7,10-15,28-29,37,46-47H,4-5,8-9,16-24H2,1-3H3. The summed E-state index contributed by atoms with van der Waals surface area (Å²) in [5.74, 6) is 1.89. The van der Waals surface area contributed by atoms with E-state index < -0.39 is 12.0 Å². The summed E-state index contributed by atoms with van der Waals surface area (Å²) in [7, 11) is 0. The van der Waals surface area contributed by atoms with Crippen molar-refractivity contribution < 1.29 is 19.8 Å². The molecule has 49 heavy (non-hydrogen) atoms. The van der Waals surface area contributed by atoms with E-state index in [1.54, 1.807) is 4.90 Å². The van der Waals surface area contributed by atoms with Crippen LogP contribution in [0, 0.1) is 6.92 Å². The summed E-state index contributed by atoms with van der Waals surface area (Å²) in [6.45, 7) is 7.09. The van der Waals surface area contributed by atoms with Crippen LogP contribution in [0.3, 0.4) is 0 Å². The first-order valence-corrected chi connectivity index (χ1v) is 18.0. The third kappa shape index (κ3) is 6.63. The Labute approximate surface area is 287 Å². The molecular formula is C38H48N6O5. The van der Waals surface area contributed by atoms with Crippen LogP contribution < -0.4 is 5.56 Å². The van der Waals surface area contributed by atoms with Gasteiger partial charge in [0.1, 0.15) is 5.82 Å². The maximum atomic E-state index is 14.5. The number of fused-ring (bicyclic) bond motifs is 1. The predicted molar refractivity (Wildman–Crippen MR) is 187 cm³/mol. The van der Waals surface area contributed by atoms with Gasteiger partial charge in [-0.15, -0.1) is 0 Å². The number of nitrogens with zero attached hydrogens (tertiary/aromatic N) is 6. The minimum atomic E-state index is -1.09. The number of rotatable bonds is 12. The normalized spacial score (nSPS) is 21.9. The Morgan fingerprint density at radius 1 is 1.00 bits per heavy atom. The van der Waals surface area contributed by atoms with Crippen molar-refractivity contribution >= 4 is 11.6 Å². The second kappa shape index (κ2) is 14.0. The molecule has 0 saturated heterocycles. The van der Waals surface area contributed by atoms with Gasteiger partial charge in [-0.1, -0.05) is 74.0 Å². The molecule has 2 N–H and O–H groups in total. The van der Waals surface area contributed by atoms with Gasteiger partial charge in [0.15, 0.2) is 5.84 Å². The number of hydrogen-bond acceptors (Lipinski definition) is 9. The molecule has 1 unspecified atom stereocenters. The highest BCUT2D eigenvalue weighted by atomic mass is 16.7. The number of aryl methyl sites for hydroxylation is 2. The van der Waals surface area contributed by atoms with Crippen molar-refractivity contribution in [2.45, 2.75) is 116 Å². The molecule has 11 nitrogen and oxygen atoms in total. The van der Waals surface area contributed by atoms with Gasteiger partial charge in [0.05, 0.1) is 24.0 Å². The van der Waals surface area contributed by atoms with Crippen LogP contribution in [0.2, 0.25) is 0 Å². The Balaban J connectivity index is 1.17. The van der Waals surface area contributed by atoms with E-state index in [1.807, 2.05) is 34.2 Å². The summed E-state index contributed by atoms with van der Waals surface area (Å²) in [6, 6.07) is 16.4. The third-order valence-electron chi connectivity index (χ3n) is 10.4. The molecule has 7 rings (SSSR count). The SMILES string of the molecule is CCCc1c(Cc2ccc(-c3ccccc3C3=NOC(O)N3CCC)cc2)c(=O)n(C2CCC(OCC3(O)CCC3)CC2)c2nc(C)nn12. The molecule has 260 valence electrons. The van der Waals surface area contributed by atoms with Gasteiger partial charge < -0.3 is 19.8 Å². The average molecular weight is 669 g/mol. The highest BCUT2D eigenvalue weighted by Crippen LogP contribution is 2.35. The molecule has 3 aliphatic rings. The van der Waals surface area contributed by atoms with Crippen LogP contribution in [-0.2, 0) is 22.4 Å². The van der Waals surface area contributed by atoms with Crippen molar-refractivity contribution in [2.24, 2.45) is 5.16 Å². The highest BCUT2D eigenvalue weighted by molar-refractivity contribution is 6.04. The quantitative estimate of drug-likeness (QED) is 0.203. The fourth-order valence-electron chi connectivity index (χ4n) is 7.61. The van der Waals surface area contributed by atoms with Crippen molar-refractivity contribution in [1.82, 2.24) is 24.1 Å². The van der Waals surface area contributed by atoms with Crippen molar-refractivity contribution in [2.75, 3.05) is 13.2 Å². The monoisotopic (exact) mass is 668 g/mol. The average Bonchev–Trinajstić information content (AvgIpc) is 3.67. The molecule has 1 aliphatic heterocycles. The minimum absolute atomic E-state index is 0.00631. The van der Waals surface area contributed by atoms with E-state index >= 15 is 0 Å². The lowest BCUT2D eigenvalue weighted by atomic mass is 9.81. The Bertz CT molecular complexity index is 1870. The van der Waals surface area contributed by atoms with E-state index in [0.717, 1.165) is 97.7 Å². The van der Waals surface area contributed by atoms with Gasteiger partial charge in [0.2, 0.25) is 5.78 Å². The van der Waals surface area contributed by atoms with Gasteiger partial charge in [-0.05, 0) is 81.4 Å². The summed E-state index contributed by atoms with van der Waals surface area (Å²) in [4.78, 5) is 26.3. The molecule has 0 amide bonds. The smallest absolute Gasteiger partial charge is 0.307 e. The molecule has 2 aromatic heterocycles. The van der Waals surface area contributed by atoms with Crippen molar-refractivity contribution in [1.29, 1.82) is 0 Å². The van der Waals surface area contributed by atoms with E-state index in [4.69, 9.17) is 19.7 Å². The van der Waals surface area contributed by atoms with Crippen LogP contribution >= 0.6 is 0 Å². The van der Waals surface area contributed by atoms with Gasteiger partial charge in [0.25, 0.3) is 5.56 Å². The van der Waals surface area contributed by atoms with Crippen molar-refractivity contribution in [3.8, 4) is 11.1 Å². The number of ether oxygens (including phenoxy) is 1. The van der Waals surface area contributed by atoms with Gasteiger partial charge in [-0.25, -0.2) is 4.52 Å². The fraction of sp³-hybridized carbons (Fsp3) is 0.526. The molecule has 0 bridgehead atoms. The Morgan fingerprint density at radius 2 is 1.73 bits per heavy atom. The van der Waals surface area contributed by atoms with Gasteiger partial charge in [-0.2, -0.15) is 10.1 Å². The summed E-state index contributed by atoms with van der Waals surface area (Å²) in [5.41, 5.74) is 4.98. The van der Waals surface area contributed by atoms with Crippen LogP contribution in [0.4, 0.5) is 0 Å². The largest absolute Gasteiger partial charge is 0.387 e. The summed E-state index contributed by atoms with van der Waals surface area (Å²) in [6.07, 6.45) is 7.96. The Kier molecular flexibility index (Phi) is 9.59. The summed E-state index contributed by atoms with van der Waals surface area (Å²) in [5, 5.41) is 29.9. The van der Waals surface area contributed by atoms with Crippen LogP contribution in [0.15, 0.2) is 58.5 Å². The van der Waals surface area contributed by atoms with Crippen LogP contribution in [-0.4, -0.2) is 71.4 Å². The lowest BCUT2D eigenvalue weighted by Gasteiger charge is -2.38. The van der Waals surface area contributed by atoms with E-state index in [2.05, 4.69) is 49.3 Å². The Hall–Kier alpha value is -4.06. The number of amidine groups is 1. The van der Waals surface area contributed by atoms with E-state index in [9.17, 15) is 15.0 Å². The zero-order valence-electron chi connectivity index (χ0n) is 28.8. The fourth-order valence-corrected chi connectivity index (χ4v) is 7.61. The Morgan fingerprint density at radius 3 is 2.41 bits per heavy atom. The number of aliphatic hydroxyl groups excluding tert-OH is 1. The van der Waals surface area contributed by atoms with Crippen LogP contribution in [0.1, 0.15) is 106 Å². The number of aliphatic hydroxyl groups is 2. The molecule has 0 spiro atoms. The molecule has 2 aromatic carbocycles. The third-order valence-corrected chi connectivity index (χ3v) is 10.4. The van der Waals surface area contributed by atoms with Gasteiger partial charge in [0, 0.05) is 30.1 Å². The van der Waals surface area contributed by atoms with E-state index in [-0.39, 0.29) is 17.7 Å². The first kappa shape index (κ1) is 33.4. The molecular weight excluding hydrogens is 620 g/mol. The first-order chi connectivity index (χ1) is 23.8. The first-order valence-electron chi connectivity index (χ1n) is 18.0. The molecule has 11 heteroatoms. The van der Waals surface area contributed by atoms with Crippen LogP contribution in [0.25, 0.3) is 16.9 Å². The molecule has 1 atom stereocenters. The van der Waals surface area contributed by atoms with Crippen molar-refractivity contribution in [3.05, 3.63) is 87.1 Å². The van der Waals surface area contributed by atoms with Crippen LogP contribution in [0.5, 0.6) is 0 Å². The molecule has 2 fully saturated rings. The maximum Gasteiger partial charge on any atom is 0.307 e. The number of aromatic nitrogens is 4. The molecule has 2 aliphatic carbocycles. The number of benzene rings is 2. The second-order valence-corrected chi connectivity index (χ2v) is 14.0. The zero-order valence-corrected chi connectivity index (χ0v) is 28.8. The van der Waals surface area contributed by atoms with E-state index in [0.29, 0.717) is 37.0 Å². The zero-order chi connectivity index (χ0) is 34.1. The second-order valence-electron chi connectivity index (χ2n) is 14.0. The van der Waals surface area contributed by atoms with Gasteiger partial charge >= 0.3 is 6.41 Å². The molecule has 3 heterocycles.